The van der Waals surface area contributed by atoms with Gasteiger partial charge in [-0.3, -0.25) is 9.59 Å². The van der Waals surface area contributed by atoms with Crippen LogP contribution in [0.2, 0.25) is 0 Å². The third-order valence-corrected chi connectivity index (χ3v) is 6.89. The molecule has 39 heavy (non-hydrogen) atoms. The van der Waals surface area contributed by atoms with Crippen LogP contribution in [0.4, 0.5) is 0 Å². The van der Waals surface area contributed by atoms with E-state index >= 15 is 0 Å². The molecular weight excluding hydrogens is 532 g/mol. The molecule has 0 spiro atoms. The summed E-state index contributed by atoms with van der Waals surface area (Å²) in [6, 6.07) is -1.13. The number of aliphatic hydroxyl groups excluding tert-OH is 7. The van der Waals surface area contributed by atoms with Crippen molar-refractivity contribution in [3.05, 3.63) is 0 Å². The summed E-state index contributed by atoms with van der Waals surface area (Å²) in [5, 5.41) is 77.7. The highest BCUT2D eigenvalue weighted by molar-refractivity contribution is 5.81. The van der Waals surface area contributed by atoms with Crippen molar-refractivity contribution in [2.75, 3.05) is 20.8 Å². The number of rotatable bonds is 8. The molecule has 226 valence electrons. The van der Waals surface area contributed by atoms with Gasteiger partial charge in [0, 0.05) is 21.1 Å². The summed E-state index contributed by atoms with van der Waals surface area (Å²) in [4.78, 5) is 23.9. The van der Waals surface area contributed by atoms with Gasteiger partial charge in [-0.25, -0.2) is 0 Å². The lowest BCUT2D eigenvalue weighted by Gasteiger charge is -2.48. The molecule has 3 saturated heterocycles. The van der Waals surface area contributed by atoms with Crippen molar-refractivity contribution in [1.82, 2.24) is 10.6 Å². The van der Waals surface area contributed by atoms with Gasteiger partial charge in [0.25, 0.3) is 5.91 Å². The van der Waals surface area contributed by atoms with E-state index in [0.717, 1.165) is 0 Å². The van der Waals surface area contributed by atoms with Gasteiger partial charge >= 0.3 is 0 Å². The maximum atomic E-state index is 12.1. The summed E-state index contributed by atoms with van der Waals surface area (Å²) in [5.41, 5.74) is 0. The molecule has 17 nitrogen and oxygen atoms in total. The van der Waals surface area contributed by atoms with Gasteiger partial charge in [-0.15, -0.1) is 0 Å². The monoisotopic (exact) mass is 570 g/mol. The van der Waals surface area contributed by atoms with Crippen molar-refractivity contribution in [3.63, 3.8) is 0 Å². The smallest absolute Gasteiger partial charge is 0.251 e. The molecule has 9 N–H and O–H groups in total. The zero-order valence-corrected chi connectivity index (χ0v) is 21.8. The SMILES string of the molecule is CNC(=O)[C@@H]1O[C@@H](O[C@@H]2[C@@H](O)[C@H](C)O[C@@H](O[C@H]3[C@H](O)[C@@H](CO)O[C@@H](OC)[C@@H]3NC(C)=O)[C@@H]2O)[C@H](O)[C@H](O)[C@H]1O. The Labute approximate surface area is 223 Å². The number of likely N-dealkylation sites (N-methyl/N-ethyl adjacent to an activating group) is 1. The largest absolute Gasteiger partial charge is 0.394 e. The highest BCUT2D eigenvalue weighted by Gasteiger charge is 2.54. The third-order valence-electron chi connectivity index (χ3n) is 6.89. The zero-order chi connectivity index (χ0) is 29.2. The maximum absolute atomic E-state index is 12.1. The minimum absolute atomic E-state index is 0.529. The predicted molar refractivity (Wildman–Crippen MR) is 123 cm³/mol. The Balaban J connectivity index is 1.83. The first-order valence-electron chi connectivity index (χ1n) is 12.3. The normalized spacial score (nSPS) is 46.9. The molecule has 0 bridgehead atoms. The van der Waals surface area contributed by atoms with Crippen molar-refractivity contribution in [3.8, 4) is 0 Å². The van der Waals surface area contributed by atoms with Crippen molar-refractivity contribution < 1.29 is 73.8 Å². The van der Waals surface area contributed by atoms with Crippen LogP contribution in [-0.2, 0) is 38.0 Å². The fraction of sp³-hybridized carbons (Fsp3) is 0.909. The average molecular weight is 571 g/mol. The molecule has 2 amide bonds. The van der Waals surface area contributed by atoms with E-state index in [0.29, 0.717) is 0 Å². The Morgan fingerprint density at radius 2 is 1.41 bits per heavy atom. The molecule has 0 saturated carbocycles. The zero-order valence-electron chi connectivity index (χ0n) is 21.8. The van der Waals surface area contributed by atoms with Crippen LogP contribution in [0.1, 0.15) is 13.8 Å². The summed E-state index contributed by atoms with van der Waals surface area (Å²) in [6.07, 6.45) is -21.9. The van der Waals surface area contributed by atoms with Crippen LogP contribution in [0.15, 0.2) is 0 Å². The Bertz CT molecular complexity index is 837. The summed E-state index contributed by atoms with van der Waals surface area (Å²) in [6.45, 7) is 1.98. The predicted octanol–water partition coefficient (Wildman–Crippen LogP) is -5.99. The lowest BCUT2D eigenvalue weighted by molar-refractivity contribution is -0.367. The van der Waals surface area contributed by atoms with Gasteiger partial charge in [-0.1, -0.05) is 0 Å². The third kappa shape index (κ3) is 6.67. The fourth-order valence-electron chi connectivity index (χ4n) is 4.72. The van der Waals surface area contributed by atoms with E-state index in [1.54, 1.807) is 0 Å². The summed E-state index contributed by atoms with van der Waals surface area (Å²) in [7, 11) is 2.53. The number of hydrogen-bond donors (Lipinski definition) is 9. The Kier molecular flexibility index (Phi) is 11.0. The van der Waals surface area contributed by atoms with Gasteiger partial charge in [0.1, 0.15) is 61.0 Å². The van der Waals surface area contributed by atoms with Crippen molar-refractivity contribution >= 4 is 11.8 Å². The average Bonchev–Trinajstić information content (AvgIpc) is 2.90. The topological polar surface area (TPSA) is 255 Å². The summed E-state index contributed by atoms with van der Waals surface area (Å²) < 4.78 is 33.1. The highest BCUT2D eigenvalue weighted by Crippen LogP contribution is 2.32. The maximum Gasteiger partial charge on any atom is 0.251 e. The van der Waals surface area contributed by atoms with Crippen molar-refractivity contribution in [2.24, 2.45) is 0 Å². The molecule has 0 aromatic carbocycles. The number of methoxy groups -OCH3 is 1. The first-order chi connectivity index (χ1) is 18.4. The molecule has 0 aliphatic carbocycles. The first-order valence-corrected chi connectivity index (χ1v) is 12.3. The molecule has 3 heterocycles. The van der Waals surface area contributed by atoms with Gasteiger partial charge in [0.2, 0.25) is 5.91 Å². The number of nitrogens with one attached hydrogen (secondary N) is 2. The molecule has 0 radical (unpaired) electrons. The molecular formula is C22H38N2O15. The van der Waals surface area contributed by atoms with Gasteiger partial charge in [-0.05, 0) is 6.92 Å². The first kappa shape index (κ1) is 31.9. The molecule has 3 aliphatic rings. The minimum atomic E-state index is -1.88. The van der Waals surface area contributed by atoms with Crippen LogP contribution in [-0.4, -0.2) is 160 Å². The molecule has 17 heteroatoms. The van der Waals surface area contributed by atoms with E-state index < -0.39 is 110 Å². The number of amides is 2. The molecule has 0 aromatic heterocycles. The van der Waals surface area contributed by atoms with Crippen LogP contribution in [0.3, 0.4) is 0 Å². The van der Waals surface area contributed by atoms with E-state index in [1.807, 2.05) is 0 Å². The van der Waals surface area contributed by atoms with E-state index in [2.05, 4.69) is 10.6 Å². The number of carbonyl (C=O) groups is 2. The highest BCUT2D eigenvalue weighted by atomic mass is 16.7. The molecule has 15 atom stereocenters. The number of hydrogen-bond acceptors (Lipinski definition) is 15. The number of aliphatic hydroxyl groups is 7. The molecule has 0 unspecified atom stereocenters. The number of ether oxygens (including phenoxy) is 6. The van der Waals surface area contributed by atoms with Gasteiger partial charge in [0.15, 0.2) is 25.0 Å². The van der Waals surface area contributed by atoms with E-state index in [1.165, 1.54) is 28.0 Å². The second-order valence-electron chi connectivity index (χ2n) is 9.58. The second-order valence-corrected chi connectivity index (χ2v) is 9.58. The fourth-order valence-corrected chi connectivity index (χ4v) is 4.72. The quantitative estimate of drug-likeness (QED) is 0.132. The summed E-state index contributed by atoms with van der Waals surface area (Å²) >= 11 is 0. The van der Waals surface area contributed by atoms with Gasteiger partial charge in [-0.2, -0.15) is 0 Å². The molecule has 3 rings (SSSR count). The minimum Gasteiger partial charge on any atom is -0.394 e. The standard InChI is InChI=1S/C22H38N2O15/c1-6-10(27)17(38-21-14(31)12(29)13(30)18(39-21)19(33)23-3)15(32)22(35-6)37-16-9(24-7(2)26)20(34-4)36-8(5-25)11(16)28/h6,8-18,20-22,25,27-32H,5H2,1-4H3,(H,23,33)(H,24,26)/t6-,8+,9+,10-,11+,12+,13+,14+,15+,16+,17+,18+,20+,21+,22-/m0/s1. The Hall–Kier alpha value is -1.58. The summed E-state index contributed by atoms with van der Waals surface area (Å²) in [5.74, 6) is -1.35. The van der Waals surface area contributed by atoms with Crippen LogP contribution >= 0.6 is 0 Å². The Morgan fingerprint density at radius 3 is 1.97 bits per heavy atom. The lowest BCUT2D eigenvalue weighted by Crippen LogP contribution is -2.68. The van der Waals surface area contributed by atoms with Crippen LogP contribution in [0, 0.1) is 0 Å². The van der Waals surface area contributed by atoms with Gasteiger partial charge in [0.05, 0.1) is 12.7 Å². The van der Waals surface area contributed by atoms with E-state index in [4.69, 9.17) is 28.4 Å². The van der Waals surface area contributed by atoms with Crippen LogP contribution in [0.5, 0.6) is 0 Å². The molecule has 3 aliphatic heterocycles. The van der Waals surface area contributed by atoms with Crippen LogP contribution < -0.4 is 10.6 Å². The Morgan fingerprint density at radius 1 is 0.795 bits per heavy atom. The number of carbonyl (C=O) groups excluding carboxylic acids is 2. The van der Waals surface area contributed by atoms with Gasteiger partial charge < -0.3 is 74.8 Å². The van der Waals surface area contributed by atoms with Crippen LogP contribution in [0.25, 0.3) is 0 Å². The van der Waals surface area contributed by atoms with E-state index in [-0.39, 0.29) is 0 Å². The van der Waals surface area contributed by atoms with Crippen molar-refractivity contribution in [1.29, 1.82) is 0 Å². The molecule has 3 fully saturated rings. The molecule has 0 aromatic rings. The van der Waals surface area contributed by atoms with E-state index in [9.17, 15) is 45.3 Å². The lowest BCUT2D eigenvalue weighted by atomic mass is 9.95. The van der Waals surface area contributed by atoms with Crippen molar-refractivity contribution in [2.45, 2.75) is 106 Å². The second kappa shape index (κ2) is 13.4.